The van der Waals surface area contributed by atoms with Crippen LogP contribution in [0.1, 0.15) is 34.1 Å². The van der Waals surface area contributed by atoms with Gasteiger partial charge in [-0.05, 0) is 6.92 Å². The molecule has 0 radical (unpaired) electrons. The molecule has 0 saturated heterocycles. The van der Waals surface area contributed by atoms with Gasteiger partial charge < -0.3 is 9.53 Å². The number of carbonyl (C=O) groups excluding carboxylic acids is 3. The van der Waals surface area contributed by atoms with Gasteiger partial charge in [0.15, 0.2) is 0 Å². The number of ketones is 1. The molecule has 0 aliphatic rings. The van der Waals surface area contributed by atoms with Crippen LogP contribution in [0.3, 0.4) is 0 Å². The van der Waals surface area contributed by atoms with E-state index in [-0.39, 0.29) is 5.78 Å². The third-order valence-electron chi connectivity index (χ3n) is 0.785. The predicted octanol–water partition coefficient (Wildman–Crippen LogP) is 1.08. The minimum absolute atomic E-state index is 0.255. The normalized spacial score (nSPS) is 7.67. The van der Waals surface area contributed by atoms with Gasteiger partial charge in [-0.3, -0.25) is 9.59 Å². The van der Waals surface area contributed by atoms with Crippen molar-refractivity contribution in [3.8, 4) is 0 Å². The van der Waals surface area contributed by atoms with Gasteiger partial charge in [0.1, 0.15) is 5.78 Å². The molecule has 0 spiro atoms. The highest BCUT2D eigenvalue weighted by molar-refractivity contribution is 5.82. The fourth-order valence-corrected chi connectivity index (χ4v) is 0.202. The van der Waals surface area contributed by atoms with Gasteiger partial charge in [-0.25, -0.2) is 0 Å². The monoisotopic (exact) mass is 174 g/mol. The van der Waals surface area contributed by atoms with E-state index in [1.807, 2.05) is 6.92 Å². The lowest BCUT2D eigenvalue weighted by Gasteiger charge is -1.87. The fourth-order valence-electron chi connectivity index (χ4n) is 0.202. The molecule has 0 heterocycles. The third kappa shape index (κ3) is 23.2. The molecule has 12 heavy (non-hydrogen) atoms. The van der Waals surface area contributed by atoms with E-state index in [0.717, 1.165) is 0 Å². The Kier molecular flexibility index (Phi) is 8.84. The summed E-state index contributed by atoms with van der Waals surface area (Å²) in [5, 5.41) is 0. The van der Waals surface area contributed by atoms with Gasteiger partial charge in [0.05, 0.1) is 0 Å². The fraction of sp³-hybridized carbons (Fsp3) is 0.625. The molecular formula is C8H14O4. The predicted molar refractivity (Wildman–Crippen MR) is 43.4 cm³/mol. The Hall–Kier alpha value is -1.19. The lowest BCUT2D eigenvalue weighted by Crippen LogP contribution is -2.03. The van der Waals surface area contributed by atoms with Crippen molar-refractivity contribution >= 4 is 17.7 Å². The molecule has 4 heteroatoms. The Morgan fingerprint density at radius 1 is 1.00 bits per heavy atom. The molecule has 0 N–H and O–H groups in total. The van der Waals surface area contributed by atoms with Crippen LogP contribution in [-0.4, -0.2) is 17.7 Å². The zero-order chi connectivity index (χ0) is 10.1. The van der Waals surface area contributed by atoms with E-state index < -0.39 is 11.9 Å². The van der Waals surface area contributed by atoms with E-state index in [1.54, 1.807) is 6.92 Å². The summed E-state index contributed by atoms with van der Waals surface area (Å²) in [5.41, 5.74) is 0. The zero-order valence-electron chi connectivity index (χ0n) is 7.84. The van der Waals surface area contributed by atoms with E-state index in [1.165, 1.54) is 13.8 Å². The Balaban J connectivity index is 0. The average molecular weight is 174 g/mol. The van der Waals surface area contributed by atoms with Gasteiger partial charge in [0.2, 0.25) is 0 Å². The van der Waals surface area contributed by atoms with Crippen molar-refractivity contribution in [3.63, 3.8) is 0 Å². The topological polar surface area (TPSA) is 60.4 Å². The number of esters is 2. The summed E-state index contributed by atoms with van der Waals surface area (Å²) in [7, 11) is 0. The van der Waals surface area contributed by atoms with Gasteiger partial charge in [-0.2, -0.15) is 0 Å². The van der Waals surface area contributed by atoms with Crippen LogP contribution in [0.5, 0.6) is 0 Å². The SMILES string of the molecule is CC(=O)OC(C)=O.CCC(C)=O. The van der Waals surface area contributed by atoms with Crippen molar-refractivity contribution < 1.29 is 19.1 Å². The van der Waals surface area contributed by atoms with Crippen LogP contribution in [0.4, 0.5) is 0 Å². The Morgan fingerprint density at radius 2 is 1.25 bits per heavy atom. The summed E-state index contributed by atoms with van der Waals surface area (Å²) < 4.78 is 3.97. The Bertz CT molecular complexity index is 160. The lowest BCUT2D eigenvalue weighted by molar-refractivity contribution is -0.156. The highest BCUT2D eigenvalue weighted by Crippen LogP contribution is 1.73. The van der Waals surface area contributed by atoms with Crippen molar-refractivity contribution in [1.29, 1.82) is 0 Å². The molecule has 0 fully saturated rings. The summed E-state index contributed by atoms with van der Waals surface area (Å²) in [5.74, 6) is -0.870. The van der Waals surface area contributed by atoms with E-state index in [9.17, 15) is 14.4 Å². The molecular weight excluding hydrogens is 160 g/mol. The molecule has 0 amide bonds. The van der Waals surface area contributed by atoms with Crippen LogP contribution < -0.4 is 0 Å². The van der Waals surface area contributed by atoms with Crippen LogP contribution >= 0.6 is 0 Å². The second-order valence-corrected chi connectivity index (χ2v) is 2.14. The van der Waals surface area contributed by atoms with Crippen LogP contribution in [0.2, 0.25) is 0 Å². The molecule has 0 aliphatic carbocycles. The molecule has 0 unspecified atom stereocenters. The number of Topliss-reactive ketones (excluding diaryl/α,β-unsaturated/α-hetero) is 1. The summed E-state index contributed by atoms with van der Waals surface area (Å²) in [4.78, 5) is 29.4. The largest absolute Gasteiger partial charge is 0.394 e. The summed E-state index contributed by atoms with van der Waals surface area (Å²) in [6, 6.07) is 0. The minimum Gasteiger partial charge on any atom is -0.394 e. The molecule has 0 saturated carbocycles. The molecule has 0 aromatic heterocycles. The van der Waals surface area contributed by atoms with Crippen LogP contribution in [-0.2, 0) is 19.1 Å². The second kappa shape index (κ2) is 7.91. The molecule has 0 aromatic rings. The standard InChI is InChI=1S/C4H6O3.C4H8O/c1-3(5)7-4(2)6;1-3-4(2)5/h1-2H3;3H2,1-2H3. The van der Waals surface area contributed by atoms with Crippen molar-refractivity contribution in [2.45, 2.75) is 34.1 Å². The van der Waals surface area contributed by atoms with E-state index in [0.29, 0.717) is 6.42 Å². The van der Waals surface area contributed by atoms with E-state index in [2.05, 4.69) is 4.74 Å². The quantitative estimate of drug-likeness (QED) is 0.441. The molecule has 70 valence electrons. The minimum atomic E-state index is -0.562. The first-order valence-electron chi connectivity index (χ1n) is 3.58. The third-order valence-corrected chi connectivity index (χ3v) is 0.785. The Labute approximate surface area is 71.9 Å². The van der Waals surface area contributed by atoms with Crippen molar-refractivity contribution in [1.82, 2.24) is 0 Å². The summed E-state index contributed by atoms with van der Waals surface area (Å²) >= 11 is 0. The maximum Gasteiger partial charge on any atom is 0.310 e. The first kappa shape index (κ1) is 13.4. The van der Waals surface area contributed by atoms with Gasteiger partial charge in [0, 0.05) is 20.3 Å². The van der Waals surface area contributed by atoms with Gasteiger partial charge in [0.25, 0.3) is 0 Å². The second-order valence-electron chi connectivity index (χ2n) is 2.14. The maximum absolute atomic E-state index is 9.81. The van der Waals surface area contributed by atoms with Crippen LogP contribution in [0, 0.1) is 0 Å². The first-order valence-corrected chi connectivity index (χ1v) is 3.58. The van der Waals surface area contributed by atoms with Crippen molar-refractivity contribution in [2.75, 3.05) is 0 Å². The highest BCUT2D eigenvalue weighted by Gasteiger charge is 1.93. The highest BCUT2D eigenvalue weighted by atomic mass is 16.6. The number of rotatable bonds is 1. The van der Waals surface area contributed by atoms with Gasteiger partial charge in [-0.1, -0.05) is 6.92 Å². The van der Waals surface area contributed by atoms with Crippen LogP contribution in [0.25, 0.3) is 0 Å². The lowest BCUT2D eigenvalue weighted by atomic mass is 10.4. The average Bonchev–Trinajstić information content (AvgIpc) is 1.85. The number of hydrogen-bond acceptors (Lipinski definition) is 4. The maximum atomic E-state index is 9.81. The number of ether oxygens (including phenoxy) is 1. The van der Waals surface area contributed by atoms with E-state index >= 15 is 0 Å². The van der Waals surface area contributed by atoms with Gasteiger partial charge in [-0.15, -0.1) is 0 Å². The molecule has 0 rings (SSSR count). The Morgan fingerprint density at radius 3 is 1.25 bits per heavy atom. The molecule has 4 nitrogen and oxygen atoms in total. The smallest absolute Gasteiger partial charge is 0.310 e. The molecule has 0 atom stereocenters. The van der Waals surface area contributed by atoms with E-state index in [4.69, 9.17) is 0 Å². The summed E-state index contributed by atoms with van der Waals surface area (Å²) in [6.45, 7) is 5.80. The van der Waals surface area contributed by atoms with Crippen molar-refractivity contribution in [3.05, 3.63) is 0 Å². The number of hydrogen-bond donors (Lipinski definition) is 0. The van der Waals surface area contributed by atoms with Gasteiger partial charge >= 0.3 is 11.9 Å². The zero-order valence-corrected chi connectivity index (χ0v) is 7.84. The molecule has 0 aliphatic heterocycles. The van der Waals surface area contributed by atoms with Crippen LogP contribution in [0.15, 0.2) is 0 Å². The van der Waals surface area contributed by atoms with Crippen molar-refractivity contribution in [2.24, 2.45) is 0 Å². The molecule has 0 aromatic carbocycles. The first-order chi connectivity index (χ1) is 5.40. The number of carbonyl (C=O) groups is 3. The summed E-state index contributed by atoms with van der Waals surface area (Å²) in [6.07, 6.45) is 0.667. The molecule has 0 bridgehead atoms.